The number of hydrogen-bond acceptors (Lipinski definition) is 4. The fraction of sp³-hybridized carbons (Fsp3) is 0.800. The standard InChI is InChI=1S/C10H14Cl4O5/c11-1-2-18-5-6(3-12)8(14)7(4-13)19-10(17)9(15)16/h6-8H,1-5H2,(H,15,16). The normalized spacial score (nSPS) is 15.6. The van der Waals surface area contributed by atoms with E-state index in [1.807, 2.05) is 0 Å². The fourth-order valence-corrected chi connectivity index (χ4v) is 2.31. The number of carbonyl (C=O) groups is 2. The molecular weight excluding hydrogens is 342 g/mol. The molecule has 0 amide bonds. The Morgan fingerprint density at radius 1 is 1.16 bits per heavy atom. The quantitative estimate of drug-likeness (QED) is 0.296. The van der Waals surface area contributed by atoms with Gasteiger partial charge in [0.25, 0.3) is 0 Å². The van der Waals surface area contributed by atoms with E-state index in [9.17, 15) is 9.59 Å². The van der Waals surface area contributed by atoms with Gasteiger partial charge in [0, 0.05) is 17.7 Å². The molecule has 3 atom stereocenters. The van der Waals surface area contributed by atoms with Gasteiger partial charge < -0.3 is 14.6 Å². The van der Waals surface area contributed by atoms with Crippen molar-refractivity contribution in [2.75, 3.05) is 30.9 Å². The van der Waals surface area contributed by atoms with Crippen LogP contribution >= 0.6 is 46.4 Å². The van der Waals surface area contributed by atoms with Crippen LogP contribution in [0.2, 0.25) is 0 Å². The van der Waals surface area contributed by atoms with E-state index in [0.29, 0.717) is 12.5 Å². The van der Waals surface area contributed by atoms with E-state index < -0.39 is 23.4 Å². The number of esters is 1. The first-order chi connectivity index (χ1) is 8.97. The third-order valence-corrected chi connectivity index (χ3v) is 3.63. The number of alkyl halides is 4. The number of carbonyl (C=O) groups excluding carboxylic acids is 1. The van der Waals surface area contributed by atoms with Crippen LogP contribution in [0.5, 0.6) is 0 Å². The van der Waals surface area contributed by atoms with Gasteiger partial charge in [0.15, 0.2) is 0 Å². The second kappa shape index (κ2) is 10.8. The Balaban J connectivity index is 4.47. The number of ether oxygens (including phenoxy) is 2. The zero-order valence-electron chi connectivity index (χ0n) is 9.86. The zero-order valence-corrected chi connectivity index (χ0v) is 12.9. The highest BCUT2D eigenvalue weighted by molar-refractivity contribution is 6.29. The van der Waals surface area contributed by atoms with E-state index in [0.717, 1.165) is 0 Å². The Bertz CT molecular complexity index is 289. The first kappa shape index (κ1) is 19.1. The molecule has 0 radical (unpaired) electrons. The summed E-state index contributed by atoms with van der Waals surface area (Å²) in [6.07, 6.45) is -0.963. The van der Waals surface area contributed by atoms with E-state index >= 15 is 0 Å². The zero-order chi connectivity index (χ0) is 14.8. The van der Waals surface area contributed by atoms with E-state index in [2.05, 4.69) is 4.74 Å². The summed E-state index contributed by atoms with van der Waals surface area (Å²) in [6, 6.07) is 0. The topological polar surface area (TPSA) is 72.8 Å². The minimum absolute atomic E-state index is 0.143. The lowest BCUT2D eigenvalue weighted by Gasteiger charge is -2.26. The van der Waals surface area contributed by atoms with Crippen molar-refractivity contribution in [2.24, 2.45) is 5.92 Å². The molecule has 0 saturated heterocycles. The number of aliphatic carboxylic acids is 1. The Hall–Kier alpha value is 0.0600. The van der Waals surface area contributed by atoms with Crippen molar-refractivity contribution in [1.82, 2.24) is 0 Å². The lowest BCUT2D eigenvalue weighted by atomic mass is 10.0. The van der Waals surface area contributed by atoms with E-state index in [-0.39, 0.29) is 24.3 Å². The molecule has 9 heteroatoms. The third-order valence-electron chi connectivity index (χ3n) is 2.14. The highest BCUT2D eigenvalue weighted by atomic mass is 35.5. The predicted octanol–water partition coefficient (Wildman–Crippen LogP) is 1.94. The Morgan fingerprint density at radius 2 is 1.79 bits per heavy atom. The van der Waals surface area contributed by atoms with E-state index in [1.54, 1.807) is 0 Å². The van der Waals surface area contributed by atoms with Crippen LogP contribution in [-0.4, -0.2) is 59.4 Å². The van der Waals surface area contributed by atoms with Crippen LogP contribution in [0.4, 0.5) is 0 Å². The third kappa shape index (κ3) is 7.42. The minimum Gasteiger partial charge on any atom is -0.473 e. The first-order valence-corrected chi connectivity index (χ1v) is 7.35. The van der Waals surface area contributed by atoms with E-state index in [4.69, 9.17) is 56.2 Å². The van der Waals surface area contributed by atoms with Crippen molar-refractivity contribution >= 4 is 58.3 Å². The molecule has 0 aromatic heterocycles. The smallest absolute Gasteiger partial charge is 0.417 e. The Labute approximate surface area is 131 Å². The molecule has 3 unspecified atom stereocenters. The molecule has 0 aliphatic heterocycles. The molecule has 0 aliphatic rings. The molecule has 1 N–H and O–H groups in total. The van der Waals surface area contributed by atoms with Crippen molar-refractivity contribution < 1.29 is 24.2 Å². The van der Waals surface area contributed by atoms with Crippen molar-refractivity contribution in [3.63, 3.8) is 0 Å². The summed E-state index contributed by atoms with van der Waals surface area (Å²) in [5.74, 6) is -3.14. The molecule has 5 nitrogen and oxygen atoms in total. The summed E-state index contributed by atoms with van der Waals surface area (Å²) in [5, 5.41) is 7.70. The number of carboxylic acid groups (broad SMARTS) is 1. The molecule has 0 aromatic rings. The number of rotatable bonds is 9. The molecule has 0 spiro atoms. The molecule has 0 fully saturated rings. The summed E-state index contributed by atoms with van der Waals surface area (Å²) in [7, 11) is 0. The van der Waals surface area contributed by atoms with E-state index in [1.165, 1.54) is 0 Å². The first-order valence-electron chi connectivity index (χ1n) is 5.31. The van der Waals surface area contributed by atoms with Crippen LogP contribution in [0.25, 0.3) is 0 Å². The van der Waals surface area contributed by atoms with Crippen LogP contribution < -0.4 is 0 Å². The average Bonchev–Trinajstić information content (AvgIpc) is 2.39. The van der Waals surface area contributed by atoms with Crippen LogP contribution in [0.3, 0.4) is 0 Å². The van der Waals surface area contributed by atoms with Crippen LogP contribution in [-0.2, 0) is 19.1 Å². The van der Waals surface area contributed by atoms with Gasteiger partial charge >= 0.3 is 11.9 Å². The van der Waals surface area contributed by atoms with Gasteiger partial charge in [-0.2, -0.15) is 0 Å². The van der Waals surface area contributed by atoms with Crippen LogP contribution in [0.15, 0.2) is 0 Å². The molecule has 0 aliphatic carbocycles. The molecule has 0 heterocycles. The highest BCUT2D eigenvalue weighted by Crippen LogP contribution is 2.21. The largest absolute Gasteiger partial charge is 0.473 e. The lowest BCUT2D eigenvalue weighted by molar-refractivity contribution is -0.167. The SMILES string of the molecule is O=C(O)C(=O)OC(CCl)C(Cl)C(CCl)COCCCl. The lowest BCUT2D eigenvalue weighted by Crippen LogP contribution is -2.39. The van der Waals surface area contributed by atoms with Crippen LogP contribution in [0, 0.1) is 5.92 Å². The van der Waals surface area contributed by atoms with Crippen LogP contribution in [0.1, 0.15) is 0 Å². The maximum Gasteiger partial charge on any atom is 0.417 e. The molecule has 0 bridgehead atoms. The maximum absolute atomic E-state index is 11.0. The Kier molecular flexibility index (Phi) is 10.8. The Morgan fingerprint density at radius 3 is 2.21 bits per heavy atom. The molecule has 19 heavy (non-hydrogen) atoms. The average molecular weight is 356 g/mol. The minimum atomic E-state index is -1.71. The van der Waals surface area contributed by atoms with Gasteiger partial charge in [-0.1, -0.05) is 0 Å². The second-order valence-corrected chi connectivity index (χ2v) is 5.03. The van der Waals surface area contributed by atoms with Gasteiger partial charge in [0.05, 0.1) is 24.5 Å². The summed E-state index contributed by atoms with van der Waals surface area (Å²) in [5.41, 5.74) is 0. The molecule has 112 valence electrons. The van der Waals surface area contributed by atoms with Gasteiger partial charge in [0.1, 0.15) is 6.10 Å². The summed E-state index contributed by atoms with van der Waals surface area (Å²) >= 11 is 22.9. The van der Waals surface area contributed by atoms with Crippen molar-refractivity contribution in [1.29, 1.82) is 0 Å². The maximum atomic E-state index is 11.0. The molecule has 0 saturated carbocycles. The van der Waals surface area contributed by atoms with Gasteiger partial charge in [-0.25, -0.2) is 9.59 Å². The summed E-state index contributed by atoms with van der Waals surface area (Å²) in [4.78, 5) is 21.4. The summed E-state index contributed by atoms with van der Waals surface area (Å²) < 4.78 is 9.87. The van der Waals surface area contributed by atoms with Gasteiger partial charge in [0.2, 0.25) is 0 Å². The molecule has 0 aromatic carbocycles. The monoisotopic (exact) mass is 354 g/mol. The van der Waals surface area contributed by atoms with Gasteiger partial charge in [-0.3, -0.25) is 0 Å². The molecule has 0 rings (SSSR count). The van der Waals surface area contributed by atoms with Crippen molar-refractivity contribution in [2.45, 2.75) is 11.5 Å². The fourth-order valence-electron chi connectivity index (χ4n) is 1.18. The number of hydrogen-bond donors (Lipinski definition) is 1. The number of carboxylic acids is 1. The molecular formula is C10H14Cl4O5. The second-order valence-electron chi connectivity index (χ2n) is 3.53. The highest BCUT2D eigenvalue weighted by Gasteiger charge is 2.31. The van der Waals surface area contributed by atoms with Crippen molar-refractivity contribution in [3.05, 3.63) is 0 Å². The number of halogens is 4. The van der Waals surface area contributed by atoms with Gasteiger partial charge in [-0.05, 0) is 0 Å². The van der Waals surface area contributed by atoms with Crippen molar-refractivity contribution in [3.8, 4) is 0 Å². The van der Waals surface area contributed by atoms with Gasteiger partial charge in [-0.15, -0.1) is 46.4 Å². The predicted molar refractivity (Wildman–Crippen MR) is 73.6 cm³/mol. The summed E-state index contributed by atoms with van der Waals surface area (Å²) in [6.45, 7) is 0.543.